The van der Waals surface area contributed by atoms with Crippen LogP contribution < -0.4 is 0 Å². The maximum Gasteiger partial charge on any atom is -0.00206 e. The second-order valence-corrected chi connectivity index (χ2v) is 12.1. The molecule has 0 saturated carbocycles. The van der Waals surface area contributed by atoms with Crippen molar-refractivity contribution in [1.82, 2.24) is 0 Å². The zero-order valence-electron chi connectivity index (χ0n) is 24.0. The van der Waals surface area contributed by atoms with E-state index in [0.29, 0.717) is 0 Å². The fourth-order valence-electron chi connectivity index (χ4n) is 7.77. The van der Waals surface area contributed by atoms with Crippen LogP contribution in [0.1, 0.15) is 0 Å². The summed E-state index contributed by atoms with van der Waals surface area (Å²) < 4.78 is 0. The van der Waals surface area contributed by atoms with Crippen LogP contribution in [0.15, 0.2) is 158 Å². The van der Waals surface area contributed by atoms with Crippen LogP contribution in [0.5, 0.6) is 0 Å². The summed E-state index contributed by atoms with van der Waals surface area (Å²) in [6.45, 7) is 0. The molecule has 202 valence electrons. The number of hydrogen-bond donors (Lipinski definition) is 0. The van der Waals surface area contributed by atoms with Crippen LogP contribution in [0, 0.1) is 0 Å². The highest BCUT2D eigenvalue weighted by Gasteiger charge is 2.15. The van der Waals surface area contributed by atoms with Gasteiger partial charge in [-0.25, -0.2) is 0 Å². The minimum Gasteiger partial charge on any atom is -0.0616 e. The molecule has 0 aliphatic carbocycles. The van der Waals surface area contributed by atoms with Gasteiger partial charge < -0.3 is 0 Å². The van der Waals surface area contributed by atoms with Crippen molar-refractivity contribution in [2.45, 2.75) is 0 Å². The molecule has 0 heteroatoms. The molecule has 0 aliphatic heterocycles. The van der Waals surface area contributed by atoms with Gasteiger partial charge in [0.2, 0.25) is 0 Å². The van der Waals surface area contributed by atoms with Crippen molar-refractivity contribution in [2.75, 3.05) is 0 Å². The van der Waals surface area contributed by atoms with E-state index in [1.807, 2.05) is 0 Å². The Morgan fingerprint density at radius 3 is 1.57 bits per heavy atom. The molecule has 0 atom stereocenters. The van der Waals surface area contributed by atoms with Crippen LogP contribution in [-0.2, 0) is 0 Å². The minimum absolute atomic E-state index is 1.27. The largest absolute Gasteiger partial charge is 0.0616 e. The van der Waals surface area contributed by atoms with Crippen molar-refractivity contribution in [1.29, 1.82) is 0 Å². The first-order valence-corrected chi connectivity index (χ1v) is 15.4. The van der Waals surface area contributed by atoms with Gasteiger partial charge in [0.1, 0.15) is 0 Å². The minimum atomic E-state index is 1.27. The van der Waals surface area contributed by atoms with Crippen molar-refractivity contribution in [3.8, 4) is 22.3 Å². The van der Waals surface area contributed by atoms with E-state index >= 15 is 0 Å². The fourth-order valence-corrected chi connectivity index (χ4v) is 7.77. The molecule has 44 heavy (non-hydrogen) atoms. The highest BCUT2D eigenvalue weighted by Crippen LogP contribution is 2.43. The van der Waals surface area contributed by atoms with Gasteiger partial charge >= 0.3 is 0 Å². The zero-order chi connectivity index (χ0) is 28.8. The summed E-state index contributed by atoms with van der Waals surface area (Å²) >= 11 is 0. The normalized spacial score (nSPS) is 12.1. The molecular weight excluding hydrogens is 528 g/mol. The molecule has 0 bridgehead atoms. The third-order valence-corrected chi connectivity index (χ3v) is 9.78. The van der Waals surface area contributed by atoms with Crippen molar-refractivity contribution in [3.63, 3.8) is 0 Å². The van der Waals surface area contributed by atoms with Crippen LogP contribution in [0.3, 0.4) is 0 Å². The lowest BCUT2D eigenvalue weighted by Gasteiger charge is -2.16. The SMILES string of the molecule is c1ccc2c(-c3cccc4cc5ccc6c(-c7ccc8ccc9cccc%10ccc7c8c9%10)cccc6c5cc34)cccc2c1. The van der Waals surface area contributed by atoms with Gasteiger partial charge in [-0.2, -0.15) is 0 Å². The predicted octanol–water partition coefficient (Wildman–Crippen LogP) is 12.5. The van der Waals surface area contributed by atoms with Gasteiger partial charge in [-0.05, 0) is 110 Å². The summed E-state index contributed by atoms with van der Waals surface area (Å²) in [7, 11) is 0. The average molecular weight is 555 g/mol. The summed E-state index contributed by atoms with van der Waals surface area (Å²) in [5.74, 6) is 0. The Hall–Kier alpha value is -5.72. The summed E-state index contributed by atoms with van der Waals surface area (Å²) in [5.41, 5.74) is 5.13. The standard InChI is InChI=1S/C44H26/c1-2-12-33-27(7-1)8-4-13-34(33)36-14-5-11-31-25-32-21-23-38-35(15-6-16-37(38)42(32)26-41(31)36)39-22-19-30-18-17-28-9-3-10-29-20-24-40(39)44(30)43(28)29/h1-26H. The summed E-state index contributed by atoms with van der Waals surface area (Å²) in [6, 6.07) is 58.7. The molecule has 10 aromatic rings. The molecule has 10 aromatic carbocycles. The molecule has 0 spiro atoms. The van der Waals surface area contributed by atoms with Gasteiger partial charge in [-0.3, -0.25) is 0 Å². The molecule has 0 amide bonds. The van der Waals surface area contributed by atoms with E-state index in [0.717, 1.165) is 0 Å². The third-order valence-electron chi connectivity index (χ3n) is 9.78. The predicted molar refractivity (Wildman–Crippen MR) is 191 cm³/mol. The Bertz CT molecular complexity index is 2740. The Labute approximate surface area is 254 Å². The lowest BCUT2D eigenvalue weighted by atomic mass is 9.87. The van der Waals surface area contributed by atoms with Crippen LogP contribution in [-0.4, -0.2) is 0 Å². The quantitative estimate of drug-likeness (QED) is 0.147. The second kappa shape index (κ2) is 8.89. The Kier molecular flexibility index (Phi) is 4.81. The van der Waals surface area contributed by atoms with Crippen LogP contribution in [0.4, 0.5) is 0 Å². The number of fused-ring (bicyclic) bond motifs is 5. The molecule has 0 N–H and O–H groups in total. The van der Waals surface area contributed by atoms with Crippen LogP contribution in [0.25, 0.3) is 97.7 Å². The molecule has 0 saturated heterocycles. The van der Waals surface area contributed by atoms with Crippen molar-refractivity contribution in [3.05, 3.63) is 158 Å². The first-order valence-electron chi connectivity index (χ1n) is 15.4. The number of rotatable bonds is 2. The molecule has 10 rings (SSSR count). The summed E-state index contributed by atoms with van der Waals surface area (Å²) in [5, 5.41) is 18.2. The monoisotopic (exact) mass is 554 g/mol. The van der Waals surface area contributed by atoms with E-state index < -0.39 is 0 Å². The van der Waals surface area contributed by atoms with Gasteiger partial charge in [0.25, 0.3) is 0 Å². The lowest BCUT2D eigenvalue weighted by Crippen LogP contribution is -1.89. The Morgan fingerprint density at radius 1 is 0.205 bits per heavy atom. The first kappa shape index (κ1) is 23.8. The van der Waals surface area contributed by atoms with E-state index in [-0.39, 0.29) is 0 Å². The Balaban J connectivity index is 1.26. The van der Waals surface area contributed by atoms with Crippen molar-refractivity contribution in [2.24, 2.45) is 0 Å². The van der Waals surface area contributed by atoms with E-state index in [9.17, 15) is 0 Å². The maximum atomic E-state index is 2.43. The van der Waals surface area contributed by atoms with Gasteiger partial charge in [0.15, 0.2) is 0 Å². The topological polar surface area (TPSA) is 0 Å². The molecular formula is C44H26. The van der Waals surface area contributed by atoms with Crippen LogP contribution in [0.2, 0.25) is 0 Å². The first-order chi connectivity index (χ1) is 21.8. The van der Waals surface area contributed by atoms with Gasteiger partial charge in [-0.15, -0.1) is 0 Å². The molecule has 0 nitrogen and oxygen atoms in total. The molecule has 0 heterocycles. The fraction of sp³-hybridized carbons (Fsp3) is 0. The average Bonchev–Trinajstić information content (AvgIpc) is 3.09. The second-order valence-electron chi connectivity index (χ2n) is 12.1. The summed E-state index contributed by atoms with van der Waals surface area (Å²) in [4.78, 5) is 0. The third kappa shape index (κ3) is 3.28. The number of benzene rings is 10. The number of hydrogen-bond acceptors (Lipinski definition) is 0. The van der Waals surface area contributed by atoms with Crippen LogP contribution >= 0.6 is 0 Å². The maximum absolute atomic E-state index is 2.43. The Morgan fingerprint density at radius 2 is 0.705 bits per heavy atom. The highest BCUT2D eigenvalue weighted by molar-refractivity contribution is 6.27. The molecule has 0 fully saturated rings. The highest BCUT2D eigenvalue weighted by atomic mass is 14.2. The van der Waals surface area contributed by atoms with E-state index in [1.54, 1.807) is 0 Å². The molecule has 0 aliphatic rings. The smallest absolute Gasteiger partial charge is 0.00206 e. The lowest BCUT2D eigenvalue weighted by molar-refractivity contribution is 1.69. The van der Waals surface area contributed by atoms with Gasteiger partial charge in [-0.1, -0.05) is 146 Å². The van der Waals surface area contributed by atoms with E-state index in [2.05, 4.69) is 158 Å². The summed E-state index contributed by atoms with van der Waals surface area (Å²) in [6.07, 6.45) is 0. The molecule has 0 radical (unpaired) electrons. The van der Waals surface area contributed by atoms with E-state index in [1.165, 1.54) is 97.7 Å². The van der Waals surface area contributed by atoms with E-state index in [4.69, 9.17) is 0 Å². The molecule has 0 unspecified atom stereocenters. The van der Waals surface area contributed by atoms with Gasteiger partial charge in [0, 0.05) is 0 Å². The zero-order valence-corrected chi connectivity index (χ0v) is 24.0. The van der Waals surface area contributed by atoms with Crippen molar-refractivity contribution >= 4 is 75.4 Å². The van der Waals surface area contributed by atoms with Crippen molar-refractivity contribution < 1.29 is 0 Å². The molecule has 0 aromatic heterocycles. The van der Waals surface area contributed by atoms with Gasteiger partial charge in [0.05, 0.1) is 0 Å².